The van der Waals surface area contributed by atoms with Crippen LogP contribution >= 0.6 is 11.8 Å². The third-order valence-electron chi connectivity index (χ3n) is 2.08. The second kappa shape index (κ2) is 2.88. The Hall–Kier alpha value is -0.470. The molecule has 0 unspecified atom stereocenters. The topological polar surface area (TPSA) is 27.6 Å². The Balaban J connectivity index is 2.44. The van der Waals surface area contributed by atoms with Gasteiger partial charge in [-0.05, 0) is 6.07 Å². The Morgan fingerprint density at radius 1 is 1.36 bits per heavy atom. The molecule has 0 saturated heterocycles. The third kappa shape index (κ3) is 1.28. The highest BCUT2D eigenvalue weighted by Gasteiger charge is 2.18. The second-order valence-corrected chi connectivity index (χ2v) is 4.01. The molecule has 11 heavy (non-hydrogen) atoms. The minimum absolute atomic E-state index is 0.521. The molecule has 1 aliphatic heterocycles. The van der Waals surface area contributed by atoms with Crippen LogP contribution in [0.2, 0.25) is 0 Å². The Kier molecular flexibility index (Phi) is 1.88. The van der Waals surface area contributed by atoms with Gasteiger partial charge in [0.2, 0.25) is 0 Å². The summed E-state index contributed by atoms with van der Waals surface area (Å²) in [6.07, 6.45) is 1.22. The van der Waals surface area contributed by atoms with E-state index in [4.69, 9.17) is 0 Å². The number of hydrogen-bond acceptors (Lipinski definition) is 1. The molecule has 1 aromatic carbocycles. The summed E-state index contributed by atoms with van der Waals surface area (Å²) in [7, 11) is 0. The van der Waals surface area contributed by atoms with Crippen molar-refractivity contribution in [2.75, 3.05) is 5.75 Å². The van der Waals surface area contributed by atoms with Crippen molar-refractivity contribution in [3.05, 3.63) is 29.8 Å². The van der Waals surface area contributed by atoms with Crippen LogP contribution in [-0.2, 0) is 0 Å². The normalized spacial score (nSPS) is 22.8. The maximum absolute atomic E-state index is 4.13. The highest BCUT2D eigenvalue weighted by atomic mass is 32.2. The van der Waals surface area contributed by atoms with Gasteiger partial charge in [-0.1, -0.05) is 18.2 Å². The van der Waals surface area contributed by atoms with Crippen LogP contribution in [0.1, 0.15) is 18.0 Å². The molecule has 0 saturated carbocycles. The van der Waals surface area contributed by atoms with E-state index in [0.29, 0.717) is 6.04 Å². The minimum atomic E-state index is 0.521. The highest BCUT2D eigenvalue weighted by molar-refractivity contribution is 7.99. The van der Waals surface area contributed by atoms with Crippen molar-refractivity contribution in [1.82, 2.24) is 0 Å². The average Bonchev–Trinajstić information content (AvgIpc) is 2.06. The Morgan fingerprint density at radius 2 is 2.18 bits per heavy atom. The van der Waals surface area contributed by atoms with Crippen molar-refractivity contribution in [1.29, 1.82) is 0 Å². The second-order valence-electron chi connectivity index (χ2n) is 2.87. The van der Waals surface area contributed by atoms with Gasteiger partial charge in [0, 0.05) is 22.6 Å². The first-order chi connectivity index (χ1) is 5.38. The molecule has 1 nitrogen and oxygen atoms in total. The summed E-state index contributed by atoms with van der Waals surface area (Å²) in [6, 6.07) is 9.11. The van der Waals surface area contributed by atoms with Crippen molar-refractivity contribution in [3.8, 4) is 0 Å². The van der Waals surface area contributed by atoms with Gasteiger partial charge < -0.3 is 5.73 Å². The van der Waals surface area contributed by atoms with Gasteiger partial charge in [-0.15, -0.1) is 11.8 Å². The van der Waals surface area contributed by atoms with Gasteiger partial charge in [0.1, 0.15) is 6.04 Å². The lowest BCUT2D eigenvalue weighted by atomic mass is 10.1. The average molecular weight is 166 g/mol. The van der Waals surface area contributed by atoms with Crippen LogP contribution in [0.4, 0.5) is 0 Å². The van der Waals surface area contributed by atoms with E-state index in [-0.39, 0.29) is 0 Å². The highest BCUT2D eigenvalue weighted by Crippen LogP contribution is 2.33. The molecule has 1 aliphatic rings. The molecule has 0 aliphatic carbocycles. The molecule has 0 bridgehead atoms. The molecular formula is C9H12NS+. The number of rotatable bonds is 0. The summed E-state index contributed by atoms with van der Waals surface area (Å²) in [5.74, 6) is 1.23. The van der Waals surface area contributed by atoms with E-state index in [0.717, 1.165) is 0 Å². The fraction of sp³-hybridized carbons (Fsp3) is 0.333. The molecular weight excluding hydrogens is 154 g/mol. The first kappa shape index (κ1) is 7.19. The molecule has 0 radical (unpaired) electrons. The van der Waals surface area contributed by atoms with Crippen LogP contribution in [0.15, 0.2) is 29.2 Å². The van der Waals surface area contributed by atoms with E-state index in [2.05, 4.69) is 30.0 Å². The van der Waals surface area contributed by atoms with E-state index < -0.39 is 0 Å². The molecule has 2 heteroatoms. The van der Waals surface area contributed by atoms with E-state index >= 15 is 0 Å². The van der Waals surface area contributed by atoms with Gasteiger partial charge in [0.15, 0.2) is 0 Å². The van der Waals surface area contributed by atoms with E-state index in [9.17, 15) is 0 Å². The Labute approximate surface area is 71.0 Å². The van der Waals surface area contributed by atoms with Crippen molar-refractivity contribution in [2.45, 2.75) is 17.4 Å². The zero-order valence-electron chi connectivity index (χ0n) is 6.42. The van der Waals surface area contributed by atoms with E-state index in [1.165, 1.54) is 22.6 Å². The van der Waals surface area contributed by atoms with Crippen molar-refractivity contribution < 1.29 is 5.73 Å². The maximum atomic E-state index is 4.13. The monoisotopic (exact) mass is 166 g/mol. The summed E-state index contributed by atoms with van der Waals surface area (Å²) in [5.41, 5.74) is 5.56. The summed E-state index contributed by atoms with van der Waals surface area (Å²) in [4.78, 5) is 1.43. The maximum Gasteiger partial charge on any atom is 0.112 e. The lowest BCUT2D eigenvalue weighted by molar-refractivity contribution is -0.427. The number of benzene rings is 1. The summed E-state index contributed by atoms with van der Waals surface area (Å²) in [6.45, 7) is 0. The lowest BCUT2D eigenvalue weighted by Crippen LogP contribution is -2.54. The molecule has 1 aromatic rings. The van der Waals surface area contributed by atoms with Gasteiger partial charge in [-0.3, -0.25) is 0 Å². The van der Waals surface area contributed by atoms with Gasteiger partial charge in [0.25, 0.3) is 0 Å². The number of hydrogen-bond donors (Lipinski definition) is 1. The predicted molar refractivity (Wildman–Crippen MR) is 47.4 cm³/mol. The van der Waals surface area contributed by atoms with Crippen molar-refractivity contribution in [2.24, 2.45) is 0 Å². The Bertz CT molecular complexity index is 259. The Morgan fingerprint density at radius 3 is 3.00 bits per heavy atom. The third-order valence-corrected chi connectivity index (χ3v) is 3.21. The standard InChI is InChI=1S/C9H11NS/c10-8-5-6-11-9-4-2-1-3-7(8)9/h1-4,8H,5-6,10H2/p+1/t8-/m0/s1. The van der Waals surface area contributed by atoms with Crippen LogP contribution in [0.5, 0.6) is 0 Å². The zero-order chi connectivity index (χ0) is 7.68. The molecule has 3 N–H and O–H groups in total. The van der Waals surface area contributed by atoms with Gasteiger partial charge in [0.05, 0.1) is 0 Å². The van der Waals surface area contributed by atoms with E-state index in [1.807, 2.05) is 11.8 Å². The van der Waals surface area contributed by atoms with E-state index in [1.54, 1.807) is 0 Å². The number of quaternary nitrogens is 1. The first-order valence-corrected chi connectivity index (χ1v) is 4.91. The largest absolute Gasteiger partial charge is 0.351 e. The summed E-state index contributed by atoms with van der Waals surface area (Å²) in [5, 5.41) is 0. The molecule has 2 rings (SSSR count). The predicted octanol–water partition coefficient (Wildman–Crippen LogP) is 1.47. The van der Waals surface area contributed by atoms with Crippen LogP contribution in [0.25, 0.3) is 0 Å². The first-order valence-electron chi connectivity index (χ1n) is 3.93. The lowest BCUT2D eigenvalue weighted by Gasteiger charge is -2.18. The van der Waals surface area contributed by atoms with Gasteiger partial charge >= 0.3 is 0 Å². The number of fused-ring (bicyclic) bond motifs is 1. The van der Waals surface area contributed by atoms with Crippen molar-refractivity contribution >= 4 is 11.8 Å². The molecule has 1 heterocycles. The quantitative estimate of drug-likeness (QED) is 0.621. The van der Waals surface area contributed by atoms with Crippen LogP contribution in [-0.4, -0.2) is 5.75 Å². The molecule has 0 spiro atoms. The van der Waals surface area contributed by atoms with Gasteiger partial charge in [-0.2, -0.15) is 0 Å². The fourth-order valence-electron chi connectivity index (χ4n) is 1.42. The minimum Gasteiger partial charge on any atom is -0.351 e. The van der Waals surface area contributed by atoms with Crippen LogP contribution < -0.4 is 5.73 Å². The van der Waals surface area contributed by atoms with Crippen molar-refractivity contribution in [3.63, 3.8) is 0 Å². The van der Waals surface area contributed by atoms with Crippen LogP contribution in [0.3, 0.4) is 0 Å². The van der Waals surface area contributed by atoms with Crippen LogP contribution in [0, 0.1) is 0 Å². The molecule has 0 amide bonds. The smallest absolute Gasteiger partial charge is 0.112 e. The molecule has 1 atom stereocenters. The summed E-state index contributed by atoms with van der Waals surface area (Å²) < 4.78 is 0. The summed E-state index contributed by atoms with van der Waals surface area (Å²) >= 11 is 1.95. The number of thioether (sulfide) groups is 1. The fourth-order valence-corrected chi connectivity index (χ4v) is 2.61. The molecule has 58 valence electrons. The SMILES string of the molecule is [NH3+][C@H]1CCSc2ccccc21. The zero-order valence-corrected chi connectivity index (χ0v) is 7.23. The molecule has 0 fully saturated rings. The van der Waals surface area contributed by atoms with Gasteiger partial charge in [-0.25, -0.2) is 0 Å². The molecule has 0 aromatic heterocycles.